The summed E-state index contributed by atoms with van der Waals surface area (Å²) >= 11 is 0. The Morgan fingerprint density at radius 2 is 2.14 bits per heavy atom. The van der Waals surface area contributed by atoms with Crippen molar-refractivity contribution in [2.24, 2.45) is 0 Å². The summed E-state index contributed by atoms with van der Waals surface area (Å²) in [6.45, 7) is 4.04. The Labute approximate surface area is 135 Å². The first-order chi connectivity index (χ1) is 10.7. The zero-order valence-corrected chi connectivity index (χ0v) is 14.2. The molecule has 2 unspecified atom stereocenters. The molecule has 0 amide bonds. The van der Waals surface area contributed by atoms with E-state index in [2.05, 4.69) is 42.6 Å². The summed E-state index contributed by atoms with van der Waals surface area (Å²) in [5, 5.41) is 3.38. The molecule has 3 nitrogen and oxygen atoms in total. The molecule has 0 saturated heterocycles. The number of likely N-dealkylation sites (N-methyl/N-ethyl adjacent to an activating group) is 1. The van der Waals surface area contributed by atoms with E-state index in [1.807, 2.05) is 17.4 Å². The lowest BCUT2D eigenvalue weighted by Gasteiger charge is -2.26. The molecule has 0 aromatic heterocycles. The van der Waals surface area contributed by atoms with Crippen molar-refractivity contribution in [3.05, 3.63) is 53.1 Å². The van der Waals surface area contributed by atoms with Crippen molar-refractivity contribution >= 4 is 11.0 Å². The Hall–Kier alpha value is -1.23. The van der Waals surface area contributed by atoms with Crippen LogP contribution in [0.2, 0.25) is 0 Å². The highest BCUT2D eigenvalue weighted by atomic mass is 32.2. The van der Waals surface area contributed by atoms with Crippen molar-refractivity contribution in [2.45, 2.75) is 43.7 Å². The van der Waals surface area contributed by atoms with Crippen LogP contribution in [0.15, 0.2) is 46.9 Å². The van der Waals surface area contributed by atoms with Crippen molar-refractivity contribution < 1.29 is 4.21 Å². The van der Waals surface area contributed by atoms with Crippen LogP contribution in [0.5, 0.6) is 0 Å². The van der Waals surface area contributed by atoms with Crippen LogP contribution in [0.25, 0.3) is 0 Å². The van der Waals surface area contributed by atoms with E-state index in [1.54, 1.807) is 0 Å². The van der Waals surface area contributed by atoms with Gasteiger partial charge in [-0.15, -0.1) is 0 Å². The van der Waals surface area contributed by atoms with E-state index >= 15 is 0 Å². The smallest absolute Gasteiger partial charge is 0.127 e. The fraction of sp³-hybridized carbons (Fsp3) is 0.444. The highest BCUT2D eigenvalue weighted by Gasteiger charge is 2.21. The molecule has 4 heteroatoms. The molecule has 0 fully saturated rings. The summed E-state index contributed by atoms with van der Waals surface area (Å²) in [7, 11) is 0.819. The van der Waals surface area contributed by atoms with Crippen LogP contribution >= 0.6 is 0 Å². The van der Waals surface area contributed by atoms with Crippen LogP contribution in [-0.2, 0) is 24.0 Å². The molecule has 0 saturated carbocycles. The molecule has 1 aromatic rings. The number of allylic oxidation sites excluding steroid dienone is 2. The van der Waals surface area contributed by atoms with Gasteiger partial charge in [0, 0.05) is 19.6 Å². The zero-order chi connectivity index (χ0) is 15.5. The molecule has 1 N–H and O–H groups in total. The summed E-state index contributed by atoms with van der Waals surface area (Å²) in [4.78, 5) is 0.900. The second-order valence-electron chi connectivity index (χ2n) is 6.01. The van der Waals surface area contributed by atoms with Gasteiger partial charge < -0.3 is 5.32 Å². The van der Waals surface area contributed by atoms with E-state index in [9.17, 15) is 4.21 Å². The van der Waals surface area contributed by atoms with E-state index in [4.69, 9.17) is 0 Å². The van der Waals surface area contributed by atoms with Gasteiger partial charge in [0.15, 0.2) is 0 Å². The molecule has 2 aliphatic rings. The van der Waals surface area contributed by atoms with Crippen LogP contribution in [0.4, 0.5) is 0 Å². The number of fused-ring (bicyclic) bond motifs is 1. The van der Waals surface area contributed by atoms with Gasteiger partial charge in [-0.2, -0.15) is 0 Å². The van der Waals surface area contributed by atoms with Gasteiger partial charge in [0.1, 0.15) is 11.0 Å². The van der Waals surface area contributed by atoms with Crippen molar-refractivity contribution in [1.29, 1.82) is 0 Å². The van der Waals surface area contributed by atoms with Crippen LogP contribution in [0, 0.1) is 0 Å². The molecule has 0 bridgehead atoms. The maximum Gasteiger partial charge on any atom is 0.127 e. The fourth-order valence-electron chi connectivity index (χ4n) is 3.03. The summed E-state index contributed by atoms with van der Waals surface area (Å²) in [6.07, 6.45) is 9.88. The molecule has 1 aromatic carbocycles. The van der Waals surface area contributed by atoms with E-state index in [0.29, 0.717) is 0 Å². The quantitative estimate of drug-likeness (QED) is 0.926. The zero-order valence-electron chi connectivity index (χ0n) is 13.3. The molecular formula is C18H24N2OS. The number of nitrogens with one attached hydrogen (secondary N) is 1. The molecule has 1 heterocycles. The highest BCUT2D eigenvalue weighted by Crippen LogP contribution is 2.23. The third-order valence-electron chi connectivity index (χ3n) is 4.58. The van der Waals surface area contributed by atoms with Gasteiger partial charge in [0.05, 0.1) is 4.90 Å². The second kappa shape index (κ2) is 6.90. The Bertz CT molecular complexity index is 636. The molecule has 3 rings (SSSR count). The predicted molar refractivity (Wildman–Crippen MR) is 91.9 cm³/mol. The fourth-order valence-corrected chi connectivity index (χ4v) is 4.20. The van der Waals surface area contributed by atoms with Crippen molar-refractivity contribution in [3.63, 3.8) is 0 Å². The number of hydrogen-bond donors (Lipinski definition) is 1. The third kappa shape index (κ3) is 3.24. The summed E-state index contributed by atoms with van der Waals surface area (Å²) < 4.78 is 14.8. The van der Waals surface area contributed by atoms with E-state index in [1.165, 1.54) is 16.7 Å². The molecular weight excluding hydrogens is 292 g/mol. The molecule has 2 atom stereocenters. The van der Waals surface area contributed by atoms with Crippen LogP contribution in [-0.4, -0.2) is 28.1 Å². The van der Waals surface area contributed by atoms with Gasteiger partial charge in [-0.25, -0.2) is 8.51 Å². The van der Waals surface area contributed by atoms with Crippen LogP contribution < -0.4 is 5.32 Å². The minimum absolute atomic E-state index is 0.159. The standard InChI is InChI=1S/C18H24N2OS/c1-14(15-6-4-3-5-7-15)20(2)22(21)18-9-8-16-10-11-19-13-17(16)12-18/h4,6-9,12,14,19H,3,5,10-11,13H2,1-2H3. The third-order valence-corrected chi connectivity index (χ3v) is 6.08. The SMILES string of the molecule is CC(C1=CCCC=C1)N(C)S(=O)c1ccc2c(c1)CNCC2. The molecule has 0 spiro atoms. The summed E-state index contributed by atoms with van der Waals surface area (Å²) in [5.74, 6) is 0. The van der Waals surface area contributed by atoms with Crippen molar-refractivity contribution in [2.75, 3.05) is 13.6 Å². The Kier molecular flexibility index (Phi) is 4.91. The van der Waals surface area contributed by atoms with Gasteiger partial charge in [-0.3, -0.25) is 0 Å². The molecule has 1 aliphatic carbocycles. The highest BCUT2D eigenvalue weighted by molar-refractivity contribution is 7.82. The minimum Gasteiger partial charge on any atom is -0.312 e. The first kappa shape index (κ1) is 15.7. The van der Waals surface area contributed by atoms with Crippen molar-refractivity contribution in [3.8, 4) is 0 Å². The Morgan fingerprint density at radius 3 is 2.91 bits per heavy atom. The maximum atomic E-state index is 12.9. The lowest BCUT2D eigenvalue weighted by atomic mass is 10.0. The molecule has 1 aliphatic heterocycles. The number of rotatable bonds is 4. The Balaban J connectivity index is 1.78. The largest absolute Gasteiger partial charge is 0.312 e. The first-order valence-electron chi connectivity index (χ1n) is 8.00. The molecule has 22 heavy (non-hydrogen) atoms. The normalized spacial score (nSPS) is 20.4. The lowest BCUT2D eigenvalue weighted by Crippen LogP contribution is -2.32. The minimum atomic E-state index is -1.13. The van der Waals surface area contributed by atoms with E-state index in [-0.39, 0.29) is 6.04 Å². The van der Waals surface area contributed by atoms with Gasteiger partial charge in [-0.05, 0) is 61.6 Å². The topological polar surface area (TPSA) is 32.3 Å². The average molecular weight is 316 g/mol. The van der Waals surface area contributed by atoms with Crippen LogP contribution in [0.1, 0.15) is 30.9 Å². The average Bonchev–Trinajstić information content (AvgIpc) is 2.60. The van der Waals surface area contributed by atoms with E-state index < -0.39 is 11.0 Å². The monoisotopic (exact) mass is 316 g/mol. The number of hydrogen-bond acceptors (Lipinski definition) is 2. The Morgan fingerprint density at radius 1 is 1.27 bits per heavy atom. The number of nitrogens with zero attached hydrogens (tertiary/aromatic N) is 1. The van der Waals surface area contributed by atoms with Gasteiger partial charge in [0.25, 0.3) is 0 Å². The summed E-state index contributed by atoms with van der Waals surface area (Å²) in [5.41, 5.74) is 3.93. The summed E-state index contributed by atoms with van der Waals surface area (Å²) in [6, 6.07) is 6.42. The molecule has 0 radical (unpaired) electrons. The lowest BCUT2D eigenvalue weighted by molar-refractivity contribution is 0.463. The van der Waals surface area contributed by atoms with Gasteiger partial charge >= 0.3 is 0 Å². The van der Waals surface area contributed by atoms with Gasteiger partial charge in [-0.1, -0.05) is 24.3 Å². The second-order valence-corrected chi connectivity index (χ2v) is 7.56. The van der Waals surface area contributed by atoms with Crippen molar-refractivity contribution in [1.82, 2.24) is 9.62 Å². The maximum absolute atomic E-state index is 12.9. The predicted octanol–water partition coefficient (Wildman–Crippen LogP) is 2.95. The first-order valence-corrected chi connectivity index (χ1v) is 9.11. The van der Waals surface area contributed by atoms with Crippen LogP contribution in [0.3, 0.4) is 0 Å². The number of benzene rings is 1. The van der Waals surface area contributed by atoms with Gasteiger partial charge in [0.2, 0.25) is 0 Å². The molecule has 118 valence electrons. The van der Waals surface area contributed by atoms with E-state index in [0.717, 1.165) is 37.2 Å².